The topological polar surface area (TPSA) is 47.3 Å². The van der Waals surface area contributed by atoms with E-state index in [1.807, 2.05) is 18.2 Å². The normalized spacial score (nSPS) is 24.2. The number of nitrogens with one attached hydrogen (secondary N) is 1. The Labute approximate surface area is 118 Å². The summed E-state index contributed by atoms with van der Waals surface area (Å²) < 4.78 is 5.64. The zero-order chi connectivity index (χ0) is 13.0. The number of ether oxygens (including phenoxy) is 1. The van der Waals surface area contributed by atoms with E-state index in [2.05, 4.69) is 5.32 Å². The van der Waals surface area contributed by atoms with Crippen LogP contribution in [0.5, 0.6) is 0 Å². The van der Waals surface area contributed by atoms with Gasteiger partial charge in [-0.3, -0.25) is 0 Å². The van der Waals surface area contributed by atoms with Gasteiger partial charge in [-0.1, -0.05) is 29.3 Å². The first kappa shape index (κ1) is 14.1. The van der Waals surface area contributed by atoms with Crippen LogP contribution in [0.2, 0.25) is 10.0 Å². The molecular weight excluding hydrogens is 271 g/mol. The Balaban J connectivity index is 1.79. The standard InChI is InChI=1S/C13H18Cl2N2O/c14-12-4-2-9(5-13(12)15)1-3-10-8-18-11(6-16)7-17-10/h2,4-5,10-11,17H,1,3,6-8,16H2. The number of hydrogen-bond donors (Lipinski definition) is 2. The molecule has 100 valence electrons. The molecule has 3 nitrogen and oxygen atoms in total. The number of morpholine rings is 1. The average molecular weight is 289 g/mol. The van der Waals surface area contributed by atoms with Crippen molar-refractivity contribution in [3.8, 4) is 0 Å². The zero-order valence-corrected chi connectivity index (χ0v) is 11.7. The van der Waals surface area contributed by atoms with Crippen LogP contribution in [0, 0.1) is 0 Å². The maximum atomic E-state index is 5.99. The molecule has 1 heterocycles. The van der Waals surface area contributed by atoms with Gasteiger partial charge in [0.1, 0.15) is 0 Å². The van der Waals surface area contributed by atoms with Crippen molar-refractivity contribution in [2.75, 3.05) is 19.7 Å². The molecule has 0 radical (unpaired) electrons. The fourth-order valence-electron chi connectivity index (χ4n) is 2.04. The molecule has 0 spiro atoms. The Morgan fingerprint density at radius 3 is 2.78 bits per heavy atom. The van der Waals surface area contributed by atoms with Crippen LogP contribution in [0.25, 0.3) is 0 Å². The van der Waals surface area contributed by atoms with Crippen LogP contribution >= 0.6 is 23.2 Å². The number of nitrogens with two attached hydrogens (primary N) is 1. The molecule has 1 fully saturated rings. The summed E-state index contributed by atoms with van der Waals surface area (Å²) in [5.74, 6) is 0. The van der Waals surface area contributed by atoms with E-state index in [0.29, 0.717) is 22.6 Å². The summed E-state index contributed by atoms with van der Waals surface area (Å²) in [6.45, 7) is 2.14. The van der Waals surface area contributed by atoms with Crippen LogP contribution in [-0.4, -0.2) is 31.8 Å². The first-order valence-electron chi connectivity index (χ1n) is 6.18. The van der Waals surface area contributed by atoms with E-state index in [4.69, 9.17) is 33.7 Å². The molecule has 0 bridgehead atoms. The third-order valence-electron chi connectivity index (χ3n) is 3.20. The molecule has 1 aromatic carbocycles. The van der Waals surface area contributed by atoms with Gasteiger partial charge < -0.3 is 15.8 Å². The van der Waals surface area contributed by atoms with Crippen molar-refractivity contribution in [1.29, 1.82) is 0 Å². The maximum absolute atomic E-state index is 5.99. The third kappa shape index (κ3) is 3.84. The van der Waals surface area contributed by atoms with E-state index in [0.717, 1.165) is 26.0 Å². The SMILES string of the molecule is NCC1CNC(CCc2ccc(Cl)c(Cl)c2)CO1. The van der Waals surface area contributed by atoms with Gasteiger partial charge in [-0.15, -0.1) is 0 Å². The third-order valence-corrected chi connectivity index (χ3v) is 3.93. The quantitative estimate of drug-likeness (QED) is 0.893. The minimum absolute atomic E-state index is 0.159. The summed E-state index contributed by atoms with van der Waals surface area (Å²) >= 11 is 11.9. The molecule has 0 amide bonds. The maximum Gasteiger partial charge on any atom is 0.0822 e. The highest BCUT2D eigenvalue weighted by molar-refractivity contribution is 6.42. The van der Waals surface area contributed by atoms with Crippen LogP contribution < -0.4 is 11.1 Å². The number of halogens is 2. The van der Waals surface area contributed by atoms with Crippen molar-refractivity contribution in [3.05, 3.63) is 33.8 Å². The molecule has 1 aliphatic rings. The molecule has 3 N–H and O–H groups in total. The molecule has 1 aromatic rings. The number of aryl methyl sites for hydroxylation is 1. The Kier molecular flexibility index (Phi) is 5.27. The summed E-state index contributed by atoms with van der Waals surface area (Å²) in [6, 6.07) is 6.17. The highest BCUT2D eigenvalue weighted by atomic mass is 35.5. The second-order valence-electron chi connectivity index (χ2n) is 4.58. The predicted molar refractivity (Wildman–Crippen MR) is 75.4 cm³/mol. The van der Waals surface area contributed by atoms with Gasteiger partial charge in [0.05, 0.1) is 22.8 Å². The molecule has 0 saturated carbocycles. The summed E-state index contributed by atoms with van der Waals surface area (Å²) in [7, 11) is 0. The fraction of sp³-hybridized carbons (Fsp3) is 0.538. The number of hydrogen-bond acceptors (Lipinski definition) is 3. The van der Waals surface area contributed by atoms with Gasteiger partial charge >= 0.3 is 0 Å². The van der Waals surface area contributed by atoms with Gasteiger partial charge in [0.25, 0.3) is 0 Å². The molecule has 5 heteroatoms. The molecule has 0 aromatic heterocycles. The smallest absolute Gasteiger partial charge is 0.0822 e. The monoisotopic (exact) mass is 288 g/mol. The molecule has 2 unspecified atom stereocenters. The Bertz CT molecular complexity index is 393. The molecule has 1 saturated heterocycles. The molecule has 18 heavy (non-hydrogen) atoms. The van der Waals surface area contributed by atoms with Gasteiger partial charge in [-0.25, -0.2) is 0 Å². The second kappa shape index (κ2) is 6.73. The van der Waals surface area contributed by atoms with Crippen molar-refractivity contribution in [2.24, 2.45) is 5.73 Å². The van der Waals surface area contributed by atoms with Gasteiger partial charge in [-0.2, -0.15) is 0 Å². The van der Waals surface area contributed by atoms with Crippen molar-refractivity contribution in [1.82, 2.24) is 5.32 Å². The van der Waals surface area contributed by atoms with E-state index in [9.17, 15) is 0 Å². The van der Waals surface area contributed by atoms with Crippen LogP contribution in [0.15, 0.2) is 18.2 Å². The van der Waals surface area contributed by atoms with Crippen molar-refractivity contribution < 1.29 is 4.74 Å². The van der Waals surface area contributed by atoms with Crippen LogP contribution in [0.3, 0.4) is 0 Å². The van der Waals surface area contributed by atoms with E-state index in [1.54, 1.807) is 0 Å². The van der Waals surface area contributed by atoms with Gasteiger partial charge in [0.15, 0.2) is 0 Å². The first-order chi connectivity index (χ1) is 8.69. The van der Waals surface area contributed by atoms with Crippen molar-refractivity contribution >= 4 is 23.2 Å². The van der Waals surface area contributed by atoms with Gasteiger partial charge in [0, 0.05) is 19.1 Å². The molecule has 1 aliphatic heterocycles. The van der Waals surface area contributed by atoms with E-state index in [-0.39, 0.29) is 6.10 Å². The largest absolute Gasteiger partial charge is 0.374 e. The van der Waals surface area contributed by atoms with Gasteiger partial charge in [0.2, 0.25) is 0 Å². The van der Waals surface area contributed by atoms with E-state index in [1.165, 1.54) is 5.56 Å². The van der Waals surface area contributed by atoms with Gasteiger partial charge in [-0.05, 0) is 30.5 Å². The van der Waals surface area contributed by atoms with E-state index >= 15 is 0 Å². The highest BCUT2D eigenvalue weighted by Crippen LogP contribution is 2.23. The Hall–Kier alpha value is -0.320. The van der Waals surface area contributed by atoms with Crippen molar-refractivity contribution in [3.63, 3.8) is 0 Å². The minimum atomic E-state index is 0.159. The lowest BCUT2D eigenvalue weighted by molar-refractivity contribution is 0.00808. The summed E-state index contributed by atoms with van der Waals surface area (Å²) in [5.41, 5.74) is 6.75. The average Bonchev–Trinajstić information content (AvgIpc) is 2.41. The number of benzene rings is 1. The molecule has 2 atom stereocenters. The molecular formula is C13H18Cl2N2O. The zero-order valence-electron chi connectivity index (χ0n) is 10.2. The predicted octanol–water partition coefficient (Wildman–Crippen LogP) is 2.24. The fourth-order valence-corrected chi connectivity index (χ4v) is 2.36. The number of rotatable bonds is 4. The van der Waals surface area contributed by atoms with Crippen LogP contribution in [0.4, 0.5) is 0 Å². The van der Waals surface area contributed by atoms with Crippen LogP contribution in [-0.2, 0) is 11.2 Å². The lowest BCUT2D eigenvalue weighted by Gasteiger charge is -2.29. The highest BCUT2D eigenvalue weighted by Gasteiger charge is 2.19. The summed E-state index contributed by atoms with van der Waals surface area (Å²) in [5, 5.41) is 4.67. The summed E-state index contributed by atoms with van der Waals surface area (Å²) in [6.07, 6.45) is 2.15. The molecule has 0 aliphatic carbocycles. The minimum Gasteiger partial charge on any atom is -0.374 e. The van der Waals surface area contributed by atoms with Crippen LogP contribution in [0.1, 0.15) is 12.0 Å². The van der Waals surface area contributed by atoms with Crippen molar-refractivity contribution in [2.45, 2.75) is 25.0 Å². The summed E-state index contributed by atoms with van der Waals surface area (Å²) in [4.78, 5) is 0. The van der Waals surface area contributed by atoms with E-state index < -0.39 is 0 Å². The Morgan fingerprint density at radius 2 is 2.17 bits per heavy atom. The molecule has 2 rings (SSSR count). The Morgan fingerprint density at radius 1 is 1.33 bits per heavy atom. The first-order valence-corrected chi connectivity index (χ1v) is 6.93. The second-order valence-corrected chi connectivity index (χ2v) is 5.40. The lowest BCUT2D eigenvalue weighted by atomic mass is 10.0. The lowest BCUT2D eigenvalue weighted by Crippen LogP contribution is -2.49.